The first-order chi connectivity index (χ1) is 13.4. The molecule has 9 heteroatoms. The summed E-state index contributed by atoms with van der Waals surface area (Å²) in [7, 11) is 1.40. The molecule has 0 aromatic heterocycles. The number of nitriles is 2. The number of methoxy groups -OCH3 is 1. The number of carbonyl (C=O) groups excluding carboxylic acids is 1. The van der Waals surface area contributed by atoms with Gasteiger partial charge in [-0.3, -0.25) is 4.79 Å². The molecule has 0 unspecified atom stereocenters. The molecule has 0 spiro atoms. The summed E-state index contributed by atoms with van der Waals surface area (Å²) >= 11 is 17.9. The predicted molar refractivity (Wildman–Crippen MR) is 108 cm³/mol. The van der Waals surface area contributed by atoms with Crippen LogP contribution < -0.4 is 14.8 Å². The second-order valence-electron chi connectivity index (χ2n) is 5.23. The van der Waals surface area contributed by atoms with Gasteiger partial charge in [0.15, 0.2) is 18.1 Å². The summed E-state index contributed by atoms with van der Waals surface area (Å²) in [6, 6.07) is 11.2. The summed E-state index contributed by atoms with van der Waals surface area (Å²) in [5, 5.41) is 21.3. The number of anilines is 1. The van der Waals surface area contributed by atoms with Crippen LogP contribution in [0.15, 0.2) is 35.9 Å². The van der Waals surface area contributed by atoms with Crippen molar-refractivity contribution < 1.29 is 14.3 Å². The van der Waals surface area contributed by atoms with Crippen molar-refractivity contribution in [3.8, 4) is 23.6 Å². The van der Waals surface area contributed by atoms with Crippen LogP contribution in [0.4, 0.5) is 5.69 Å². The van der Waals surface area contributed by atoms with Crippen molar-refractivity contribution in [3.05, 3.63) is 56.5 Å². The molecule has 0 heterocycles. The van der Waals surface area contributed by atoms with Gasteiger partial charge in [-0.25, -0.2) is 0 Å². The van der Waals surface area contributed by atoms with Crippen LogP contribution in [0.25, 0.3) is 6.08 Å². The predicted octanol–water partition coefficient (Wildman–Crippen LogP) is 5.10. The number of nitrogens with one attached hydrogen (secondary N) is 1. The third-order valence-corrected chi connectivity index (χ3v) is 4.41. The van der Waals surface area contributed by atoms with Crippen LogP contribution in [-0.2, 0) is 4.79 Å². The van der Waals surface area contributed by atoms with Gasteiger partial charge in [0.2, 0.25) is 0 Å². The molecule has 0 aliphatic heterocycles. The minimum atomic E-state index is -0.638. The lowest BCUT2D eigenvalue weighted by atomic mass is 10.1. The number of nitrogens with zero attached hydrogens (tertiary/aromatic N) is 2. The zero-order valence-electron chi connectivity index (χ0n) is 14.4. The van der Waals surface area contributed by atoms with E-state index in [1.54, 1.807) is 6.07 Å². The first-order valence-electron chi connectivity index (χ1n) is 7.65. The van der Waals surface area contributed by atoms with Gasteiger partial charge in [0.05, 0.1) is 22.2 Å². The van der Waals surface area contributed by atoms with Gasteiger partial charge < -0.3 is 14.8 Å². The van der Waals surface area contributed by atoms with Crippen molar-refractivity contribution in [2.75, 3.05) is 19.0 Å². The van der Waals surface area contributed by atoms with E-state index in [2.05, 4.69) is 5.32 Å². The number of halogens is 3. The maximum Gasteiger partial charge on any atom is 0.266 e. The van der Waals surface area contributed by atoms with E-state index in [-0.39, 0.29) is 33.7 Å². The van der Waals surface area contributed by atoms with Crippen molar-refractivity contribution in [1.29, 1.82) is 10.5 Å². The largest absolute Gasteiger partial charge is 0.493 e. The molecule has 1 N–H and O–H groups in total. The van der Waals surface area contributed by atoms with Gasteiger partial charge in [-0.15, -0.1) is 0 Å². The molecule has 0 bridgehead atoms. The van der Waals surface area contributed by atoms with E-state index in [0.717, 1.165) is 0 Å². The lowest BCUT2D eigenvalue weighted by molar-refractivity contribution is -0.112. The molecule has 2 aromatic rings. The number of benzene rings is 2. The fraction of sp³-hybridized carbons (Fsp3) is 0.105. The number of ether oxygens (including phenoxy) is 2. The van der Waals surface area contributed by atoms with E-state index in [0.29, 0.717) is 16.3 Å². The van der Waals surface area contributed by atoms with E-state index in [1.807, 2.05) is 12.1 Å². The Morgan fingerprint density at radius 2 is 1.89 bits per heavy atom. The zero-order chi connectivity index (χ0) is 20.7. The lowest BCUT2D eigenvalue weighted by Crippen LogP contribution is -2.13. The molecule has 0 atom stereocenters. The van der Waals surface area contributed by atoms with Gasteiger partial charge in [-0.05, 0) is 42.0 Å². The highest BCUT2D eigenvalue weighted by Crippen LogP contribution is 2.37. The van der Waals surface area contributed by atoms with E-state index in [4.69, 9.17) is 49.5 Å². The van der Waals surface area contributed by atoms with Gasteiger partial charge in [0.1, 0.15) is 17.7 Å². The van der Waals surface area contributed by atoms with Gasteiger partial charge >= 0.3 is 0 Å². The molecule has 6 nitrogen and oxygen atoms in total. The molecule has 1 amide bonds. The number of rotatable bonds is 6. The molecule has 28 heavy (non-hydrogen) atoms. The first-order valence-corrected chi connectivity index (χ1v) is 8.78. The minimum absolute atomic E-state index is 0.169. The number of amides is 1. The van der Waals surface area contributed by atoms with Gasteiger partial charge in [0.25, 0.3) is 5.91 Å². The maximum atomic E-state index is 12.4. The Morgan fingerprint density at radius 1 is 1.14 bits per heavy atom. The van der Waals surface area contributed by atoms with E-state index >= 15 is 0 Å². The molecular formula is C19H12Cl3N3O3. The highest BCUT2D eigenvalue weighted by Gasteiger charge is 2.14. The number of carbonyl (C=O) groups is 1. The van der Waals surface area contributed by atoms with Crippen LogP contribution in [0.5, 0.6) is 11.5 Å². The van der Waals surface area contributed by atoms with Crippen LogP contribution in [-0.4, -0.2) is 19.6 Å². The molecular weight excluding hydrogens is 425 g/mol. The molecule has 0 fully saturated rings. The number of hydrogen-bond donors (Lipinski definition) is 1. The Kier molecular flexibility index (Phi) is 7.54. The summed E-state index contributed by atoms with van der Waals surface area (Å²) in [6.07, 6.45) is 1.34. The molecule has 142 valence electrons. The maximum absolute atomic E-state index is 12.4. The Labute approximate surface area is 176 Å². The molecule has 0 saturated carbocycles. The summed E-state index contributed by atoms with van der Waals surface area (Å²) in [4.78, 5) is 12.4. The van der Waals surface area contributed by atoms with Crippen LogP contribution in [0.3, 0.4) is 0 Å². The number of hydrogen-bond acceptors (Lipinski definition) is 5. The lowest BCUT2D eigenvalue weighted by Gasteiger charge is -2.11. The third-order valence-electron chi connectivity index (χ3n) is 3.39. The molecule has 0 saturated heterocycles. The summed E-state index contributed by atoms with van der Waals surface area (Å²) in [6.45, 7) is -0.208. The van der Waals surface area contributed by atoms with Crippen molar-refractivity contribution >= 4 is 52.5 Å². The summed E-state index contributed by atoms with van der Waals surface area (Å²) in [5.41, 5.74) is 0.651. The SMILES string of the molecule is COc1cc(/C=C(\C#N)C(=O)Nc2ccc(Cl)c(Cl)c2)cc(Cl)c1OCC#N. The Bertz CT molecular complexity index is 1020. The summed E-state index contributed by atoms with van der Waals surface area (Å²) in [5.74, 6) is -0.182. The van der Waals surface area contributed by atoms with Crippen LogP contribution in [0.1, 0.15) is 5.56 Å². The Balaban J connectivity index is 2.31. The minimum Gasteiger partial charge on any atom is -0.493 e. The zero-order valence-corrected chi connectivity index (χ0v) is 16.7. The quantitative estimate of drug-likeness (QED) is 0.502. The van der Waals surface area contributed by atoms with Crippen molar-refractivity contribution in [2.45, 2.75) is 0 Å². The molecule has 2 aromatic carbocycles. The second-order valence-corrected chi connectivity index (χ2v) is 6.46. The molecule has 0 aliphatic carbocycles. The van der Waals surface area contributed by atoms with Gasteiger partial charge in [0, 0.05) is 5.69 Å². The van der Waals surface area contributed by atoms with E-state index in [9.17, 15) is 10.1 Å². The molecule has 0 radical (unpaired) electrons. The fourth-order valence-electron chi connectivity index (χ4n) is 2.16. The second kappa shape index (κ2) is 9.87. The monoisotopic (exact) mass is 435 g/mol. The average molecular weight is 437 g/mol. The first kappa shape index (κ1) is 21.4. The highest BCUT2D eigenvalue weighted by molar-refractivity contribution is 6.42. The smallest absolute Gasteiger partial charge is 0.266 e. The van der Waals surface area contributed by atoms with Gasteiger partial charge in [-0.2, -0.15) is 10.5 Å². The molecule has 2 rings (SSSR count). The standard InChI is InChI=1S/C19H12Cl3N3O3/c1-27-17-8-11(7-16(22)18(17)28-5-4-23)6-12(10-24)19(26)25-13-2-3-14(20)15(21)9-13/h2-3,6-9H,5H2,1H3,(H,25,26)/b12-6+. The van der Waals surface area contributed by atoms with E-state index in [1.165, 1.54) is 37.5 Å². The molecule has 0 aliphatic rings. The fourth-order valence-corrected chi connectivity index (χ4v) is 2.73. The Hall–Kier alpha value is -2.90. The highest BCUT2D eigenvalue weighted by atomic mass is 35.5. The van der Waals surface area contributed by atoms with E-state index < -0.39 is 5.91 Å². The van der Waals surface area contributed by atoms with Crippen molar-refractivity contribution in [2.24, 2.45) is 0 Å². The average Bonchev–Trinajstić information content (AvgIpc) is 2.67. The van der Waals surface area contributed by atoms with Gasteiger partial charge in [-0.1, -0.05) is 34.8 Å². The van der Waals surface area contributed by atoms with Crippen molar-refractivity contribution in [3.63, 3.8) is 0 Å². The normalized spacial score (nSPS) is 10.6. The van der Waals surface area contributed by atoms with Crippen LogP contribution >= 0.6 is 34.8 Å². The summed E-state index contributed by atoms with van der Waals surface area (Å²) < 4.78 is 10.4. The van der Waals surface area contributed by atoms with Crippen LogP contribution in [0, 0.1) is 22.7 Å². The Morgan fingerprint density at radius 3 is 2.50 bits per heavy atom. The van der Waals surface area contributed by atoms with Crippen LogP contribution in [0.2, 0.25) is 15.1 Å². The third kappa shape index (κ3) is 5.31. The van der Waals surface area contributed by atoms with Crippen molar-refractivity contribution in [1.82, 2.24) is 0 Å². The topological polar surface area (TPSA) is 95.1 Å².